The molecule has 0 aromatic heterocycles. The molecular formula is C15H25N3O2S. The van der Waals surface area contributed by atoms with Crippen LogP contribution in [0, 0.1) is 0 Å². The Bertz CT molecular complexity index is 554. The van der Waals surface area contributed by atoms with Gasteiger partial charge in [-0.05, 0) is 44.5 Å². The molecule has 1 atom stereocenters. The number of sulfonamides is 1. The molecule has 0 radical (unpaired) electrons. The van der Waals surface area contributed by atoms with E-state index in [9.17, 15) is 8.42 Å². The Labute approximate surface area is 127 Å². The molecule has 5 nitrogen and oxygen atoms in total. The normalized spacial score (nSPS) is 18.5. The smallest absolute Gasteiger partial charge is 0.215 e. The highest BCUT2D eigenvalue weighted by molar-refractivity contribution is 7.88. The standard InChI is InChI=1S/C15H25N3O2S/c1-13(18-9-5-2-6-10-18)11-17-21(19,20)12-14-7-3-4-8-15(14)16/h3-4,7-8,13,17H,2,5-6,9-12,16H2,1H3. The van der Waals surface area contributed by atoms with Gasteiger partial charge in [0.05, 0.1) is 5.75 Å². The number of hydrogen-bond donors (Lipinski definition) is 2. The maximum Gasteiger partial charge on any atom is 0.215 e. The van der Waals surface area contributed by atoms with Crippen LogP contribution in [-0.4, -0.2) is 39.0 Å². The third kappa shape index (κ3) is 4.98. The number of para-hydroxylation sites is 1. The third-order valence-electron chi connectivity index (χ3n) is 4.01. The second-order valence-electron chi connectivity index (χ2n) is 5.75. The van der Waals surface area contributed by atoms with Gasteiger partial charge in [-0.2, -0.15) is 0 Å². The molecule has 1 aliphatic rings. The molecule has 0 spiro atoms. The van der Waals surface area contributed by atoms with Crippen LogP contribution < -0.4 is 10.5 Å². The van der Waals surface area contributed by atoms with Gasteiger partial charge in [0.15, 0.2) is 0 Å². The Kier molecular flexibility index (Phi) is 5.61. The van der Waals surface area contributed by atoms with Gasteiger partial charge >= 0.3 is 0 Å². The van der Waals surface area contributed by atoms with Gasteiger partial charge in [0.1, 0.15) is 0 Å². The molecule has 1 saturated heterocycles. The molecular weight excluding hydrogens is 286 g/mol. The van der Waals surface area contributed by atoms with Crippen LogP contribution in [0.4, 0.5) is 5.69 Å². The molecule has 118 valence electrons. The van der Waals surface area contributed by atoms with Crippen molar-refractivity contribution in [1.82, 2.24) is 9.62 Å². The fourth-order valence-corrected chi connectivity index (χ4v) is 3.93. The van der Waals surface area contributed by atoms with E-state index >= 15 is 0 Å². The van der Waals surface area contributed by atoms with Crippen LogP contribution in [-0.2, 0) is 15.8 Å². The minimum absolute atomic E-state index is 0.0631. The summed E-state index contributed by atoms with van der Waals surface area (Å²) in [6, 6.07) is 7.31. The lowest BCUT2D eigenvalue weighted by Crippen LogP contribution is -2.44. The zero-order chi connectivity index (χ0) is 15.3. The van der Waals surface area contributed by atoms with Crippen molar-refractivity contribution >= 4 is 15.7 Å². The van der Waals surface area contributed by atoms with Gasteiger partial charge in [-0.3, -0.25) is 4.90 Å². The molecule has 0 bridgehead atoms. The fraction of sp³-hybridized carbons (Fsp3) is 0.600. The lowest BCUT2D eigenvalue weighted by atomic mass is 10.1. The van der Waals surface area contributed by atoms with Crippen molar-refractivity contribution in [2.75, 3.05) is 25.4 Å². The maximum absolute atomic E-state index is 12.2. The summed E-state index contributed by atoms with van der Waals surface area (Å²) >= 11 is 0. The first kappa shape index (κ1) is 16.3. The average Bonchev–Trinajstić information content (AvgIpc) is 2.48. The van der Waals surface area contributed by atoms with Gasteiger partial charge in [0.25, 0.3) is 0 Å². The second-order valence-corrected chi connectivity index (χ2v) is 7.56. The first-order valence-electron chi connectivity index (χ1n) is 7.53. The Balaban J connectivity index is 1.87. The minimum Gasteiger partial charge on any atom is -0.398 e. The summed E-state index contributed by atoms with van der Waals surface area (Å²) in [5.41, 5.74) is 6.97. The van der Waals surface area contributed by atoms with Crippen LogP contribution in [0.2, 0.25) is 0 Å². The van der Waals surface area contributed by atoms with E-state index in [2.05, 4.69) is 16.5 Å². The van der Waals surface area contributed by atoms with Gasteiger partial charge in [-0.1, -0.05) is 24.6 Å². The molecule has 0 aliphatic carbocycles. The summed E-state index contributed by atoms with van der Waals surface area (Å²) in [7, 11) is -3.35. The van der Waals surface area contributed by atoms with Gasteiger partial charge in [-0.25, -0.2) is 13.1 Å². The van der Waals surface area contributed by atoms with Crippen LogP contribution >= 0.6 is 0 Å². The van der Waals surface area contributed by atoms with Crippen molar-refractivity contribution in [3.63, 3.8) is 0 Å². The summed E-state index contributed by atoms with van der Waals surface area (Å²) < 4.78 is 27.0. The summed E-state index contributed by atoms with van der Waals surface area (Å²) in [6.45, 7) is 4.66. The SMILES string of the molecule is CC(CNS(=O)(=O)Cc1ccccc1N)N1CCCCC1. The Morgan fingerprint density at radius 3 is 2.57 bits per heavy atom. The van der Waals surface area contributed by atoms with Gasteiger partial charge < -0.3 is 5.73 Å². The fourth-order valence-electron chi connectivity index (χ4n) is 2.66. The predicted molar refractivity (Wildman–Crippen MR) is 86.4 cm³/mol. The molecule has 6 heteroatoms. The van der Waals surface area contributed by atoms with Crippen molar-refractivity contribution < 1.29 is 8.42 Å². The Morgan fingerprint density at radius 2 is 1.90 bits per heavy atom. The van der Waals surface area contributed by atoms with Crippen molar-refractivity contribution in [3.05, 3.63) is 29.8 Å². The van der Waals surface area contributed by atoms with E-state index < -0.39 is 10.0 Å². The van der Waals surface area contributed by atoms with E-state index in [1.807, 2.05) is 0 Å². The van der Waals surface area contributed by atoms with Crippen molar-refractivity contribution in [1.29, 1.82) is 0 Å². The Hall–Kier alpha value is -1.11. The van der Waals surface area contributed by atoms with E-state index in [1.54, 1.807) is 24.3 Å². The number of likely N-dealkylation sites (tertiary alicyclic amines) is 1. The topological polar surface area (TPSA) is 75.4 Å². The Morgan fingerprint density at radius 1 is 1.24 bits per heavy atom. The molecule has 0 amide bonds. The van der Waals surface area contributed by atoms with Crippen LogP contribution in [0.25, 0.3) is 0 Å². The third-order valence-corrected chi connectivity index (χ3v) is 5.31. The van der Waals surface area contributed by atoms with Gasteiger partial charge in [-0.15, -0.1) is 0 Å². The number of piperidine rings is 1. The number of nitrogens with zero attached hydrogens (tertiary/aromatic N) is 1. The van der Waals surface area contributed by atoms with Crippen LogP contribution in [0.3, 0.4) is 0 Å². The summed E-state index contributed by atoms with van der Waals surface area (Å²) in [5.74, 6) is -0.0631. The molecule has 1 aromatic rings. The van der Waals surface area contributed by atoms with Crippen LogP contribution in [0.5, 0.6) is 0 Å². The molecule has 2 rings (SSSR count). The molecule has 0 saturated carbocycles. The van der Waals surface area contributed by atoms with Crippen molar-refractivity contribution in [2.45, 2.75) is 38.0 Å². The second kappa shape index (κ2) is 7.24. The average molecular weight is 311 g/mol. The van der Waals surface area contributed by atoms with E-state index in [1.165, 1.54) is 19.3 Å². The molecule has 1 fully saturated rings. The zero-order valence-electron chi connectivity index (χ0n) is 12.6. The van der Waals surface area contributed by atoms with Crippen LogP contribution in [0.1, 0.15) is 31.7 Å². The molecule has 1 unspecified atom stereocenters. The molecule has 1 heterocycles. The summed E-state index contributed by atoms with van der Waals surface area (Å²) in [5, 5.41) is 0. The number of anilines is 1. The first-order valence-corrected chi connectivity index (χ1v) is 9.18. The van der Waals surface area contributed by atoms with E-state index in [0.717, 1.165) is 13.1 Å². The lowest BCUT2D eigenvalue weighted by Gasteiger charge is -2.32. The quantitative estimate of drug-likeness (QED) is 0.782. The number of hydrogen-bond acceptors (Lipinski definition) is 4. The molecule has 1 aliphatic heterocycles. The van der Waals surface area contributed by atoms with Gasteiger partial charge in [0, 0.05) is 18.3 Å². The number of nitrogens with two attached hydrogens (primary N) is 1. The van der Waals surface area contributed by atoms with Crippen LogP contribution in [0.15, 0.2) is 24.3 Å². The van der Waals surface area contributed by atoms with Gasteiger partial charge in [0.2, 0.25) is 10.0 Å². The van der Waals surface area contributed by atoms with E-state index in [0.29, 0.717) is 17.8 Å². The van der Waals surface area contributed by atoms with Crippen molar-refractivity contribution in [3.8, 4) is 0 Å². The van der Waals surface area contributed by atoms with Crippen molar-refractivity contribution in [2.24, 2.45) is 0 Å². The zero-order valence-corrected chi connectivity index (χ0v) is 13.4. The molecule has 3 N–H and O–H groups in total. The minimum atomic E-state index is -3.35. The summed E-state index contributed by atoms with van der Waals surface area (Å²) in [4.78, 5) is 2.35. The highest BCUT2D eigenvalue weighted by Crippen LogP contribution is 2.14. The number of rotatable bonds is 6. The largest absolute Gasteiger partial charge is 0.398 e. The molecule has 21 heavy (non-hydrogen) atoms. The highest BCUT2D eigenvalue weighted by atomic mass is 32.2. The number of nitrogens with one attached hydrogen (secondary N) is 1. The number of benzene rings is 1. The summed E-state index contributed by atoms with van der Waals surface area (Å²) in [6.07, 6.45) is 3.69. The first-order chi connectivity index (χ1) is 9.98. The van der Waals surface area contributed by atoms with E-state index in [-0.39, 0.29) is 11.8 Å². The monoisotopic (exact) mass is 311 g/mol. The predicted octanol–water partition coefficient (Wildman–Crippen LogP) is 1.56. The maximum atomic E-state index is 12.2. The number of nitrogen functional groups attached to an aromatic ring is 1. The lowest BCUT2D eigenvalue weighted by molar-refractivity contribution is 0.175. The highest BCUT2D eigenvalue weighted by Gasteiger charge is 2.19. The molecule has 1 aromatic carbocycles. The van der Waals surface area contributed by atoms with E-state index in [4.69, 9.17) is 5.73 Å².